The molecule has 0 aromatic carbocycles. The summed E-state index contributed by atoms with van der Waals surface area (Å²) in [7, 11) is 0. The highest BCUT2D eigenvalue weighted by molar-refractivity contribution is 6.24. The van der Waals surface area contributed by atoms with Crippen LogP contribution in [0.5, 0.6) is 0 Å². The van der Waals surface area contributed by atoms with E-state index in [1.54, 1.807) is 20.8 Å². The second kappa shape index (κ2) is 6.85. The Morgan fingerprint density at radius 3 is 2.21 bits per heavy atom. The van der Waals surface area contributed by atoms with Crippen molar-refractivity contribution in [2.75, 3.05) is 5.88 Å². The van der Waals surface area contributed by atoms with Crippen molar-refractivity contribution in [1.29, 1.82) is 0 Å². The van der Waals surface area contributed by atoms with Crippen LogP contribution in [-0.4, -0.2) is 17.4 Å². The molecular formula is C16H21ClO2. The lowest BCUT2D eigenvalue weighted by atomic mass is 9.84. The minimum atomic E-state index is -0.00101. The monoisotopic (exact) mass is 280 g/mol. The minimum absolute atomic E-state index is 0.00101. The summed E-state index contributed by atoms with van der Waals surface area (Å²) in [6.45, 7) is 7.22. The summed E-state index contributed by atoms with van der Waals surface area (Å²) in [5.41, 5.74) is 3.60. The summed E-state index contributed by atoms with van der Waals surface area (Å²) >= 11 is 5.65. The van der Waals surface area contributed by atoms with Gasteiger partial charge < -0.3 is 0 Å². The largest absolute Gasteiger partial charge is 0.289 e. The molecule has 104 valence electrons. The number of allylic oxidation sites excluding steroid dienone is 6. The third-order valence-corrected chi connectivity index (χ3v) is 3.94. The lowest BCUT2D eigenvalue weighted by molar-refractivity contribution is -0.116. The molecule has 0 bridgehead atoms. The van der Waals surface area contributed by atoms with Crippen LogP contribution >= 0.6 is 11.6 Å². The van der Waals surface area contributed by atoms with Gasteiger partial charge in [-0.05, 0) is 47.0 Å². The standard InChI is InChI=1S/C16H21ClO2/c1-10(6-5-9-17)7-8-14-13(4)15(18)11(2)12(3)16(14)19/h7H,5-6,8-9H2,1-4H3/b10-7+. The van der Waals surface area contributed by atoms with Gasteiger partial charge in [-0.1, -0.05) is 11.6 Å². The molecule has 0 N–H and O–H groups in total. The minimum Gasteiger partial charge on any atom is -0.289 e. The van der Waals surface area contributed by atoms with Crippen LogP contribution in [0, 0.1) is 0 Å². The number of hydrogen-bond donors (Lipinski definition) is 0. The van der Waals surface area contributed by atoms with E-state index in [9.17, 15) is 9.59 Å². The molecule has 1 aliphatic carbocycles. The molecule has 3 heteroatoms. The van der Waals surface area contributed by atoms with Crippen LogP contribution in [0.25, 0.3) is 0 Å². The molecule has 1 rings (SSSR count). The number of rotatable bonds is 5. The van der Waals surface area contributed by atoms with E-state index in [-0.39, 0.29) is 11.6 Å². The molecule has 0 atom stereocenters. The molecule has 0 amide bonds. The summed E-state index contributed by atoms with van der Waals surface area (Å²) in [5.74, 6) is 0.653. The number of Topliss-reactive ketones (excluding diaryl/α,β-unsaturated/α-hetero) is 2. The van der Waals surface area contributed by atoms with Crippen LogP contribution in [0.15, 0.2) is 33.9 Å². The van der Waals surface area contributed by atoms with Gasteiger partial charge in [0, 0.05) is 28.2 Å². The number of halogens is 1. The third-order valence-electron chi connectivity index (χ3n) is 3.67. The van der Waals surface area contributed by atoms with Crippen molar-refractivity contribution in [1.82, 2.24) is 0 Å². The van der Waals surface area contributed by atoms with Gasteiger partial charge in [0.1, 0.15) is 0 Å². The molecule has 1 aliphatic rings. The normalized spacial score (nSPS) is 17.6. The van der Waals surface area contributed by atoms with E-state index in [1.165, 1.54) is 5.57 Å². The molecule has 0 aromatic rings. The summed E-state index contributed by atoms with van der Waals surface area (Å²) in [5, 5.41) is 0. The van der Waals surface area contributed by atoms with Gasteiger partial charge in [0.05, 0.1) is 0 Å². The van der Waals surface area contributed by atoms with Gasteiger partial charge in [0.25, 0.3) is 0 Å². The summed E-state index contributed by atoms with van der Waals surface area (Å²) < 4.78 is 0. The molecule has 0 fully saturated rings. The Morgan fingerprint density at radius 1 is 1.05 bits per heavy atom. The van der Waals surface area contributed by atoms with Crippen molar-refractivity contribution in [3.8, 4) is 0 Å². The van der Waals surface area contributed by atoms with Crippen LogP contribution in [0.1, 0.15) is 47.0 Å². The number of alkyl halides is 1. The zero-order valence-corrected chi connectivity index (χ0v) is 12.9. The number of carbonyl (C=O) groups excluding carboxylic acids is 2. The number of hydrogen-bond acceptors (Lipinski definition) is 2. The Hall–Kier alpha value is -1.15. The predicted molar refractivity (Wildman–Crippen MR) is 79.4 cm³/mol. The SMILES string of the molecule is CC1=C(C)C(=O)C(C/C=C(\C)CCCCl)=C(C)C1=O. The molecule has 19 heavy (non-hydrogen) atoms. The van der Waals surface area contributed by atoms with E-state index in [2.05, 4.69) is 0 Å². The molecule has 0 unspecified atom stereocenters. The summed E-state index contributed by atoms with van der Waals surface area (Å²) in [6.07, 6.45) is 4.44. The Balaban J connectivity index is 2.89. The average Bonchev–Trinajstić information content (AvgIpc) is 2.40. The first-order valence-corrected chi connectivity index (χ1v) is 7.11. The first kappa shape index (κ1) is 15.9. The van der Waals surface area contributed by atoms with E-state index < -0.39 is 0 Å². The Bertz CT molecular complexity index is 493. The van der Waals surface area contributed by atoms with Gasteiger partial charge in [-0.2, -0.15) is 0 Å². The van der Waals surface area contributed by atoms with Crippen molar-refractivity contribution < 1.29 is 9.59 Å². The quantitative estimate of drug-likeness (QED) is 0.431. The molecule has 0 heterocycles. The lowest BCUT2D eigenvalue weighted by Gasteiger charge is -2.17. The molecule has 0 aliphatic heterocycles. The Morgan fingerprint density at radius 2 is 1.63 bits per heavy atom. The highest BCUT2D eigenvalue weighted by atomic mass is 35.5. The maximum atomic E-state index is 12.2. The van der Waals surface area contributed by atoms with E-state index in [4.69, 9.17) is 11.6 Å². The predicted octanol–water partition coefficient (Wildman–Crippen LogP) is 4.15. The molecule has 0 saturated carbocycles. The van der Waals surface area contributed by atoms with E-state index in [1.807, 2.05) is 13.0 Å². The van der Waals surface area contributed by atoms with Crippen LogP contribution < -0.4 is 0 Å². The summed E-state index contributed by atoms with van der Waals surface area (Å²) in [6, 6.07) is 0. The van der Waals surface area contributed by atoms with Gasteiger partial charge in [-0.15, -0.1) is 11.6 Å². The lowest BCUT2D eigenvalue weighted by Crippen LogP contribution is -2.20. The van der Waals surface area contributed by atoms with Crippen LogP contribution in [0.4, 0.5) is 0 Å². The molecule has 0 saturated heterocycles. The van der Waals surface area contributed by atoms with Crippen LogP contribution in [0.2, 0.25) is 0 Å². The first-order valence-electron chi connectivity index (χ1n) is 6.58. The topological polar surface area (TPSA) is 34.1 Å². The molecule has 0 aromatic heterocycles. The fourth-order valence-corrected chi connectivity index (χ4v) is 2.26. The van der Waals surface area contributed by atoms with E-state index >= 15 is 0 Å². The summed E-state index contributed by atoms with van der Waals surface area (Å²) in [4.78, 5) is 24.2. The van der Waals surface area contributed by atoms with E-state index in [0.29, 0.717) is 34.6 Å². The molecule has 2 nitrogen and oxygen atoms in total. The van der Waals surface area contributed by atoms with Crippen molar-refractivity contribution in [2.24, 2.45) is 0 Å². The number of carbonyl (C=O) groups is 2. The second-order valence-corrected chi connectivity index (χ2v) is 5.44. The van der Waals surface area contributed by atoms with Crippen LogP contribution in [-0.2, 0) is 9.59 Å². The molecule has 0 spiro atoms. The van der Waals surface area contributed by atoms with E-state index in [0.717, 1.165) is 12.8 Å². The number of ketones is 2. The zero-order chi connectivity index (χ0) is 14.6. The highest BCUT2D eigenvalue weighted by Crippen LogP contribution is 2.26. The van der Waals surface area contributed by atoms with Gasteiger partial charge in [0.2, 0.25) is 0 Å². The van der Waals surface area contributed by atoms with Gasteiger partial charge >= 0.3 is 0 Å². The molecular weight excluding hydrogens is 260 g/mol. The third kappa shape index (κ3) is 3.66. The van der Waals surface area contributed by atoms with Gasteiger partial charge in [-0.25, -0.2) is 0 Å². The van der Waals surface area contributed by atoms with Gasteiger partial charge in [-0.3, -0.25) is 9.59 Å². The smallest absolute Gasteiger partial charge is 0.185 e. The van der Waals surface area contributed by atoms with Crippen molar-refractivity contribution >= 4 is 23.2 Å². The zero-order valence-electron chi connectivity index (χ0n) is 12.1. The first-order chi connectivity index (χ1) is 8.90. The Labute approximate surface area is 120 Å². The van der Waals surface area contributed by atoms with Crippen LogP contribution in [0.3, 0.4) is 0 Å². The fraction of sp³-hybridized carbons (Fsp3) is 0.500. The molecule has 0 radical (unpaired) electrons. The van der Waals surface area contributed by atoms with Crippen molar-refractivity contribution in [3.05, 3.63) is 33.9 Å². The Kier molecular flexibility index (Phi) is 5.74. The maximum Gasteiger partial charge on any atom is 0.185 e. The second-order valence-electron chi connectivity index (χ2n) is 5.06. The van der Waals surface area contributed by atoms with Crippen molar-refractivity contribution in [3.63, 3.8) is 0 Å². The maximum absolute atomic E-state index is 12.2. The van der Waals surface area contributed by atoms with Crippen molar-refractivity contribution in [2.45, 2.75) is 47.0 Å². The highest BCUT2D eigenvalue weighted by Gasteiger charge is 2.26. The fourth-order valence-electron chi connectivity index (χ4n) is 2.13. The average molecular weight is 281 g/mol. The van der Waals surface area contributed by atoms with Gasteiger partial charge in [0.15, 0.2) is 11.6 Å².